The summed E-state index contributed by atoms with van der Waals surface area (Å²) in [6, 6.07) is 10.1. The minimum Gasteiger partial charge on any atom is -0.362 e. The van der Waals surface area contributed by atoms with E-state index in [2.05, 4.69) is 10.3 Å². The van der Waals surface area contributed by atoms with Crippen LogP contribution in [-0.4, -0.2) is 10.9 Å². The summed E-state index contributed by atoms with van der Waals surface area (Å²) in [4.78, 5) is 14.9. The molecule has 1 amide bonds. The second-order valence-electron chi connectivity index (χ2n) is 3.87. The molecule has 4 nitrogen and oxygen atoms in total. The Labute approximate surface area is 125 Å². The van der Waals surface area contributed by atoms with Crippen LogP contribution in [-0.2, 0) is 4.79 Å². The van der Waals surface area contributed by atoms with Crippen LogP contribution in [0, 0.1) is 11.3 Å². The Balaban J connectivity index is 2.23. The van der Waals surface area contributed by atoms with Crippen molar-refractivity contribution in [1.29, 1.82) is 5.26 Å². The van der Waals surface area contributed by atoms with E-state index in [1.54, 1.807) is 30.5 Å². The quantitative estimate of drug-likeness (QED) is 0.667. The third kappa shape index (κ3) is 3.41. The lowest BCUT2D eigenvalue weighted by Crippen LogP contribution is -2.13. The molecule has 100 valence electrons. The molecule has 0 unspecified atom stereocenters. The lowest BCUT2D eigenvalue weighted by atomic mass is 10.2. The molecule has 0 bridgehead atoms. The molecule has 0 aliphatic rings. The molecule has 6 heteroatoms. The summed E-state index contributed by atoms with van der Waals surface area (Å²) in [5, 5.41) is 12.4. The van der Waals surface area contributed by atoms with E-state index in [-0.39, 0.29) is 5.57 Å². The van der Waals surface area contributed by atoms with Crippen molar-refractivity contribution in [2.75, 3.05) is 5.32 Å². The van der Waals surface area contributed by atoms with E-state index in [9.17, 15) is 4.79 Å². The van der Waals surface area contributed by atoms with Gasteiger partial charge in [-0.25, -0.2) is 0 Å². The van der Waals surface area contributed by atoms with Crippen molar-refractivity contribution in [3.05, 3.63) is 57.8 Å². The molecule has 0 radical (unpaired) electrons. The maximum atomic E-state index is 12.0. The number of benzene rings is 1. The van der Waals surface area contributed by atoms with Gasteiger partial charge in [0.05, 0.1) is 10.7 Å². The highest BCUT2D eigenvalue weighted by atomic mass is 35.5. The van der Waals surface area contributed by atoms with E-state index in [1.807, 2.05) is 6.07 Å². The van der Waals surface area contributed by atoms with Crippen LogP contribution in [0.1, 0.15) is 5.69 Å². The molecule has 1 heterocycles. The Morgan fingerprint density at radius 2 is 2.15 bits per heavy atom. The minimum atomic E-state index is -0.550. The van der Waals surface area contributed by atoms with E-state index < -0.39 is 5.91 Å². The normalized spacial score (nSPS) is 10.9. The van der Waals surface area contributed by atoms with E-state index >= 15 is 0 Å². The van der Waals surface area contributed by atoms with Crippen LogP contribution < -0.4 is 5.32 Å². The SMILES string of the molecule is N#C/C(=C\c1ccc[nH]1)C(=O)Nc1cc(Cl)ccc1Cl. The molecule has 0 saturated carbocycles. The zero-order valence-electron chi connectivity index (χ0n) is 10.2. The highest BCUT2D eigenvalue weighted by Gasteiger charge is 2.12. The molecule has 0 spiro atoms. The first kappa shape index (κ1) is 14.2. The number of hydrogen-bond acceptors (Lipinski definition) is 2. The van der Waals surface area contributed by atoms with Crippen LogP contribution in [0.15, 0.2) is 42.1 Å². The molecule has 2 N–H and O–H groups in total. The van der Waals surface area contributed by atoms with Gasteiger partial charge < -0.3 is 10.3 Å². The fourth-order valence-electron chi connectivity index (χ4n) is 1.52. The van der Waals surface area contributed by atoms with Gasteiger partial charge in [-0.2, -0.15) is 5.26 Å². The molecule has 0 atom stereocenters. The maximum absolute atomic E-state index is 12.0. The number of nitrogens with zero attached hydrogens (tertiary/aromatic N) is 1. The molecule has 2 aromatic rings. The maximum Gasteiger partial charge on any atom is 0.266 e. The molecule has 0 saturated heterocycles. The summed E-state index contributed by atoms with van der Waals surface area (Å²) in [5.41, 5.74) is 0.981. The molecular weight excluding hydrogens is 297 g/mol. The van der Waals surface area contributed by atoms with Crippen molar-refractivity contribution >= 4 is 40.9 Å². The molecule has 0 fully saturated rings. The lowest BCUT2D eigenvalue weighted by Gasteiger charge is -2.06. The summed E-state index contributed by atoms with van der Waals surface area (Å²) in [7, 11) is 0. The first-order valence-electron chi connectivity index (χ1n) is 5.62. The number of carbonyl (C=O) groups is 1. The van der Waals surface area contributed by atoms with Crippen molar-refractivity contribution in [1.82, 2.24) is 4.98 Å². The van der Waals surface area contributed by atoms with Gasteiger partial charge in [-0.15, -0.1) is 0 Å². The van der Waals surface area contributed by atoms with E-state index in [0.29, 0.717) is 21.4 Å². The largest absolute Gasteiger partial charge is 0.362 e. The molecular formula is C14H9Cl2N3O. The average Bonchev–Trinajstić information content (AvgIpc) is 2.93. The summed E-state index contributed by atoms with van der Waals surface area (Å²) < 4.78 is 0. The third-order valence-corrected chi connectivity index (χ3v) is 3.03. The van der Waals surface area contributed by atoms with E-state index in [4.69, 9.17) is 28.5 Å². The molecule has 20 heavy (non-hydrogen) atoms. The van der Waals surface area contributed by atoms with Crippen LogP contribution in [0.5, 0.6) is 0 Å². The molecule has 1 aromatic heterocycles. The Morgan fingerprint density at radius 3 is 2.80 bits per heavy atom. The number of amides is 1. The van der Waals surface area contributed by atoms with Crippen molar-refractivity contribution in [2.24, 2.45) is 0 Å². The number of rotatable bonds is 3. The Bertz CT molecular complexity index is 700. The first-order valence-corrected chi connectivity index (χ1v) is 6.37. The van der Waals surface area contributed by atoms with Gasteiger partial charge in [0, 0.05) is 16.9 Å². The summed E-state index contributed by atoms with van der Waals surface area (Å²) in [6.45, 7) is 0. The Hall–Kier alpha value is -2.22. The van der Waals surface area contributed by atoms with Gasteiger partial charge in [-0.05, 0) is 36.4 Å². The number of halogens is 2. The summed E-state index contributed by atoms with van der Waals surface area (Å²) >= 11 is 11.8. The van der Waals surface area contributed by atoms with Crippen molar-refractivity contribution in [3.8, 4) is 6.07 Å². The van der Waals surface area contributed by atoms with Crippen LogP contribution >= 0.6 is 23.2 Å². The second kappa shape index (κ2) is 6.29. The molecule has 0 aliphatic heterocycles. The number of hydrogen-bond donors (Lipinski definition) is 2. The fraction of sp³-hybridized carbons (Fsp3) is 0. The Kier molecular flexibility index (Phi) is 4.46. The highest BCUT2D eigenvalue weighted by Crippen LogP contribution is 2.25. The molecule has 0 aliphatic carbocycles. The predicted octanol–water partition coefficient (Wildman–Crippen LogP) is 3.87. The fourth-order valence-corrected chi connectivity index (χ4v) is 1.86. The van der Waals surface area contributed by atoms with Crippen molar-refractivity contribution < 1.29 is 4.79 Å². The van der Waals surface area contributed by atoms with Crippen LogP contribution in [0.3, 0.4) is 0 Å². The van der Waals surface area contributed by atoms with E-state index in [0.717, 1.165) is 0 Å². The number of aromatic nitrogens is 1. The zero-order valence-corrected chi connectivity index (χ0v) is 11.7. The zero-order chi connectivity index (χ0) is 14.5. The van der Waals surface area contributed by atoms with Gasteiger partial charge >= 0.3 is 0 Å². The molecule has 2 rings (SSSR count). The number of carbonyl (C=O) groups excluding carboxylic acids is 1. The number of nitriles is 1. The molecule has 1 aromatic carbocycles. The van der Waals surface area contributed by atoms with Crippen LogP contribution in [0.25, 0.3) is 6.08 Å². The number of anilines is 1. The van der Waals surface area contributed by atoms with Gasteiger partial charge in [0.15, 0.2) is 0 Å². The number of aromatic amines is 1. The lowest BCUT2D eigenvalue weighted by molar-refractivity contribution is -0.112. The summed E-state index contributed by atoms with van der Waals surface area (Å²) in [5.74, 6) is -0.550. The third-order valence-electron chi connectivity index (χ3n) is 2.46. The van der Waals surface area contributed by atoms with Gasteiger partial charge in [-0.3, -0.25) is 4.79 Å². The minimum absolute atomic E-state index is 0.0384. The first-order chi connectivity index (χ1) is 9.60. The topological polar surface area (TPSA) is 68.7 Å². The smallest absolute Gasteiger partial charge is 0.266 e. The second-order valence-corrected chi connectivity index (χ2v) is 4.72. The highest BCUT2D eigenvalue weighted by molar-refractivity contribution is 6.36. The van der Waals surface area contributed by atoms with Gasteiger partial charge in [-0.1, -0.05) is 23.2 Å². The number of nitrogens with one attached hydrogen (secondary N) is 2. The predicted molar refractivity (Wildman–Crippen MR) is 79.5 cm³/mol. The summed E-state index contributed by atoms with van der Waals surface area (Å²) in [6.07, 6.45) is 3.15. The monoisotopic (exact) mass is 305 g/mol. The van der Waals surface area contributed by atoms with Gasteiger partial charge in [0.1, 0.15) is 11.6 Å². The van der Waals surface area contributed by atoms with Crippen molar-refractivity contribution in [3.63, 3.8) is 0 Å². The van der Waals surface area contributed by atoms with Crippen molar-refractivity contribution in [2.45, 2.75) is 0 Å². The van der Waals surface area contributed by atoms with Gasteiger partial charge in [0.25, 0.3) is 5.91 Å². The van der Waals surface area contributed by atoms with Crippen LogP contribution in [0.2, 0.25) is 10.0 Å². The Morgan fingerprint density at radius 1 is 1.35 bits per heavy atom. The van der Waals surface area contributed by atoms with Gasteiger partial charge in [0.2, 0.25) is 0 Å². The average molecular weight is 306 g/mol. The van der Waals surface area contributed by atoms with Crippen LogP contribution in [0.4, 0.5) is 5.69 Å². The number of H-pyrrole nitrogens is 1. The van der Waals surface area contributed by atoms with E-state index in [1.165, 1.54) is 12.1 Å². The standard InChI is InChI=1S/C14H9Cl2N3O/c15-10-3-4-12(16)13(7-10)19-14(20)9(8-17)6-11-2-1-5-18-11/h1-7,18H,(H,19,20)/b9-6+.